The Morgan fingerprint density at radius 2 is 1.65 bits per heavy atom. The van der Waals surface area contributed by atoms with Crippen LogP contribution in [-0.4, -0.2) is 5.91 Å². The molecule has 2 rings (SSSR count). The molecule has 2 aromatic rings. The van der Waals surface area contributed by atoms with Crippen molar-refractivity contribution in [3.05, 3.63) is 58.1 Å². The summed E-state index contributed by atoms with van der Waals surface area (Å²) in [7, 11) is 0. The molecule has 0 saturated carbocycles. The lowest BCUT2D eigenvalue weighted by Gasteiger charge is -2.08. The molecule has 2 aromatic carbocycles. The lowest BCUT2D eigenvalue weighted by molar-refractivity contribution is 0.102. The van der Waals surface area contributed by atoms with Crippen molar-refractivity contribution in [2.24, 2.45) is 5.84 Å². The van der Waals surface area contributed by atoms with Crippen LogP contribution in [0.5, 0.6) is 0 Å². The van der Waals surface area contributed by atoms with Crippen LogP contribution in [0, 0.1) is 11.6 Å². The molecular weight excluding hydrogens is 332 g/mol. The van der Waals surface area contributed by atoms with Gasteiger partial charge in [0.05, 0.1) is 0 Å². The van der Waals surface area contributed by atoms with E-state index in [0.29, 0.717) is 5.69 Å². The van der Waals surface area contributed by atoms with E-state index in [1.165, 1.54) is 12.1 Å². The van der Waals surface area contributed by atoms with E-state index < -0.39 is 23.2 Å². The molecule has 0 bridgehead atoms. The Hall–Kier alpha value is -1.99. The van der Waals surface area contributed by atoms with Gasteiger partial charge in [-0.1, -0.05) is 15.9 Å². The Bertz CT molecular complexity index is 624. The van der Waals surface area contributed by atoms with Crippen molar-refractivity contribution in [1.29, 1.82) is 0 Å². The van der Waals surface area contributed by atoms with Gasteiger partial charge in [0.2, 0.25) is 0 Å². The van der Waals surface area contributed by atoms with Crippen molar-refractivity contribution < 1.29 is 13.6 Å². The number of hydrogen-bond acceptors (Lipinski definition) is 3. The first-order valence-corrected chi connectivity index (χ1v) is 6.33. The number of carbonyl (C=O) groups excluding carboxylic acids is 1. The highest BCUT2D eigenvalue weighted by atomic mass is 79.9. The standard InChI is InChI=1S/C13H10BrF2N3O/c14-8-5-10(15)12(11(16)6-8)18-13(20)7-1-3-9(19-17)4-2-7/h1-6,19H,17H2,(H,18,20). The first-order valence-electron chi connectivity index (χ1n) is 5.54. The topological polar surface area (TPSA) is 67.1 Å². The lowest BCUT2D eigenvalue weighted by atomic mass is 10.2. The third-order valence-electron chi connectivity index (χ3n) is 2.56. The fourth-order valence-electron chi connectivity index (χ4n) is 1.57. The van der Waals surface area contributed by atoms with E-state index in [2.05, 4.69) is 26.7 Å². The molecule has 0 aliphatic rings. The molecule has 0 aliphatic heterocycles. The molecule has 0 aromatic heterocycles. The summed E-state index contributed by atoms with van der Waals surface area (Å²) in [6.07, 6.45) is 0. The van der Waals surface area contributed by atoms with E-state index >= 15 is 0 Å². The maximum Gasteiger partial charge on any atom is 0.255 e. The molecule has 7 heteroatoms. The summed E-state index contributed by atoms with van der Waals surface area (Å²) in [5, 5.41) is 2.20. The average molecular weight is 342 g/mol. The number of carbonyl (C=O) groups is 1. The van der Waals surface area contributed by atoms with Crippen molar-refractivity contribution in [2.75, 3.05) is 10.7 Å². The van der Waals surface area contributed by atoms with E-state index in [4.69, 9.17) is 5.84 Å². The number of halogens is 3. The highest BCUT2D eigenvalue weighted by molar-refractivity contribution is 9.10. The fourth-order valence-corrected chi connectivity index (χ4v) is 1.97. The minimum absolute atomic E-state index is 0.254. The van der Waals surface area contributed by atoms with Gasteiger partial charge in [-0.25, -0.2) is 8.78 Å². The van der Waals surface area contributed by atoms with Crippen LogP contribution < -0.4 is 16.6 Å². The zero-order valence-electron chi connectivity index (χ0n) is 10.1. The predicted molar refractivity (Wildman–Crippen MR) is 76.3 cm³/mol. The van der Waals surface area contributed by atoms with Crippen LogP contribution in [0.2, 0.25) is 0 Å². The Kier molecular flexibility index (Phi) is 4.31. The van der Waals surface area contributed by atoms with Gasteiger partial charge in [0, 0.05) is 15.7 Å². The summed E-state index contributed by atoms with van der Waals surface area (Å²) in [6, 6.07) is 8.26. The monoisotopic (exact) mass is 341 g/mol. The van der Waals surface area contributed by atoms with Crippen LogP contribution in [0.1, 0.15) is 10.4 Å². The molecule has 4 nitrogen and oxygen atoms in total. The van der Waals surface area contributed by atoms with E-state index in [9.17, 15) is 13.6 Å². The van der Waals surface area contributed by atoms with Crippen LogP contribution in [-0.2, 0) is 0 Å². The summed E-state index contributed by atoms with van der Waals surface area (Å²) >= 11 is 2.96. The van der Waals surface area contributed by atoms with Crippen molar-refractivity contribution in [3.63, 3.8) is 0 Å². The van der Waals surface area contributed by atoms with Crippen LogP contribution in [0.3, 0.4) is 0 Å². The second-order valence-corrected chi connectivity index (χ2v) is 4.84. The second-order valence-electron chi connectivity index (χ2n) is 3.92. The summed E-state index contributed by atoms with van der Waals surface area (Å²) in [6.45, 7) is 0. The van der Waals surface area contributed by atoms with Gasteiger partial charge in [-0.2, -0.15) is 0 Å². The van der Waals surface area contributed by atoms with Crippen molar-refractivity contribution in [3.8, 4) is 0 Å². The molecule has 0 aliphatic carbocycles. The molecule has 104 valence electrons. The molecule has 0 spiro atoms. The van der Waals surface area contributed by atoms with Gasteiger partial charge in [-0.05, 0) is 36.4 Å². The van der Waals surface area contributed by atoms with Gasteiger partial charge in [0.15, 0.2) is 11.6 Å². The normalized spacial score (nSPS) is 10.2. The van der Waals surface area contributed by atoms with Gasteiger partial charge in [0.25, 0.3) is 5.91 Å². The minimum Gasteiger partial charge on any atom is -0.324 e. The molecule has 20 heavy (non-hydrogen) atoms. The van der Waals surface area contributed by atoms with Crippen molar-refractivity contribution in [1.82, 2.24) is 0 Å². The number of nitrogens with two attached hydrogens (primary N) is 1. The zero-order valence-corrected chi connectivity index (χ0v) is 11.7. The number of hydrogen-bond donors (Lipinski definition) is 3. The Labute approximate surface area is 122 Å². The smallest absolute Gasteiger partial charge is 0.255 e. The molecule has 0 atom stereocenters. The van der Waals surface area contributed by atoms with Gasteiger partial charge in [-0.3, -0.25) is 10.6 Å². The van der Waals surface area contributed by atoms with Gasteiger partial charge < -0.3 is 10.7 Å². The molecule has 0 heterocycles. The van der Waals surface area contributed by atoms with Crippen molar-refractivity contribution in [2.45, 2.75) is 0 Å². The summed E-state index contributed by atoms with van der Waals surface area (Å²) in [4.78, 5) is 11.9. The predicted octanol–water partition coefficient (Wildman–Crippen LogP) is 3.27. The van der Waals surface area contributed by atoms with Crippen LogP contribution >= 0.6 is 15.9 Å². The van der Waals surface area contributed by atoms with E-state index in [1.807, 2.05) is 0 Å². The molecule has 1 amide bonds. The van der Waals surface area contributed by atoms with Crippen LogP contribution in [0.25, 0.3) is 0 Å². The first-order chi connectivity index (χ1) is 9.51. The quantitative estimate of drug-likeness (QED) is 0.592. The number of amides is 1. The number of anilines is 2. The summed E-state index contributed by atoms with van der Waals surface area (Å²) in [5.74, 6) is 2.87. The highest BCUT2D eigenvalue weighted by Crippen LogP contribution is 2.24. The number of rotatable bonds is 3. The zero-order chi connectivity index (χ0) is 14.7. The molecule has 4 N–H and O–H groups in total. The molecule has 0 saturated heterocycles. The Morgan fingerprint density at radius 3 is 2.15 bits per heavy atom. The Balaban J connectivity index is 2.23. The maximum absolute atomic E-state index is 13.6. The Morgan fingerprint density at radius 1 is 1.10 bits per heavy atom. The van der Waals surface area contributed by atoms with E-state index in [-0.39, 0.29) is 10.0 Å². The molecule has 0 unspecified atom stereocenters. The molecule has 0 radical (unpaired) electrons. The van der Waals surface area contributed by atoms with Crippen LogP contribution in [0.4, 0.5) is 20.2 Å². The lowest BCUT2D eigenvalue weighted by Crippen LogP contribution is -2.14. The maximum atomic E-state index is 13.6. The third kappa shape index (κ3) is 3.12. The largest absolute Gasteiger partial charge is 0.324 e. The number of nitrogens with one attached hydrogen (secondary N) is 2. The number of hydrazine groups is 1. The summed E-state index contributed by atoms with van der Waals surface area (Å²) < 4.78 is 27.4. The summed E-state index contributed by atoms with van der Waals surface area (Å²) in [5.41, 5.74) is 2.79. The van der Waals surface area contributed by atoms with Crippen molar-refractivity contribution >= 4 is 33.2 Å². The fraction of sp³-hybridized carbons (Fsp3) is 0. The van der Waals surface area contributed by atoms with Gasteiger partial charge in [-0.15, -0.1) is 0 Å². The van der Waals surface area contributed by atoms with Crippen LogP contribution in [0.15, 0.2) is 40.9 Å². The van der Waals surface area contributed by atoms with E-state index in [1.54, 1.807) is 12.1 Å². The molecular formula is C13H10BrF2N3O. The van der Waals surface area contributed by atoms with Gasteiger partial charge >= 0.3 is 0 Å². The first kappa shape index (κ1) is 14.4. The number of benzene rings is 2. The average Bonchev–Trinajstić information content (AvgIpc) is 2.42. The second kappa shape index (κ2) is 5.98. The minimum atomic E-state index is -0.856. The SMILES string of the molecule is NNc1ccc(C(=O)Nc2c(F)cc(Br)cc2F)cc1. The van der Waals surface area contributed by atoms with E-state index in [0.717, 1.165) is 12.1 Å². The molecule has 0 fully saturated rings. The third-order valence-corrected chi connectivity index (χ3v) is 3.02. The highest BCUT2D eigenvalue weighted by Gasteiger charge is 2.14. The number of nitrogen functional groups attached to an aromatic ring is 1. The van der Waals surface area contributed by atoms with Gasteiger partial charge in [0.1, 0.15) is 5.69 Å².